The number of pyridine rings is 1. The molecule has 3 aromatic rings. The maximum absolute atomic E-state index is 12.4. The highest BCUT2D eigenvalue weighted by atomic mass is 16.5. The van der Waals surface area contributed by atoms with Gasteiger partial charge in [0.2, 0.25) is 5.88 Å². The first-order chi connectivity index (χ1) is 13.3. The van der Waals surface area contributed by atoms with E-state index in [0.717, 1.165) is 28.0 Å². The van der Waals surface area contributed by atoms with Gasteiger partial charge in [0.15, 0.2) is 12.3 Å². The lowest BCUT2D eigenvalue weighted by Crippen LogP contribution is -2.34. The fourth-order valence-corrected chi connectivity index (χ4v) is 3.49. The number of nitrogens with one attached hydrogen (secondary N) is 1. The van der Waals surface area contributed by atoms with Gasteiger partial charge in [-0.25, -0.2) is 9.67 Å². The van der Waals surface area contributed by atoms with E-state index < -0.39 is 0 Å². The van der Waals surface area contributed by atoms with Crippen molar-refractivity contribution in [2.75, 3.05) is 13.2 Å². The molecule has 28 heavy (non-hydrogen) atoms. The van der Waals surface area contributed by atoms with Crippen LogP contribution in [0.4, 0.5) is 0 Å². The molecular weight excluding hydrogens is 356 g/mol. The molecule has 1 N–H and O–H groups in total. The molecule has 150 valence electrons. The minimum Gasteiger partial charge on any atom is -0.466 e. The highest BCUT2D eigenvalue weighted by molar-refractivity contribution is 5.85. The van der Waals surface area contributed by atoms with E-state index in [0.29, 0.717) is 18.3 Å². The van der Waals surface area contributed by atoms with Gasteiger partial charge >= 0.3 is 0 Å². The van der Waals surface area contributed by atoms with Gasteiger partial charge in [0.05, 0.1) is 5.39 Å². The van der Waals surface area contributed by atoms with Crippen molar-refractivity contribution in [2.24, 2.45) is 20.0 Å². The summed E-state index contributed by atoms with van der Waals surface area (Å²) in [5.41, 5.74) is 3.81. The summed E-state index contributed by atoms with van der Waals surface area (Å²) in [6.45, 7) is 8.65. The molecule has 3 rings (SSSR count). The van der Waals surface area contributed by atoms with Gasteiger partial charge in [0, 0.05) is 44.1 Å². The Bertz CT molecular complexity index is 988. The lowest BCUT2D eigenvalue weighted by atomic mass is 9.92. The van der Waals surface area contributed by atoms with Crippen molar-refractivity contribution in [3.05, 3.63) is 35.3 Å². The SMILES string of the molecule is Cc1cc(C)c2c(OCC(=O)NC[C@H](c3ccnn3C)C(C)C)nn(C)c2n1. The molecule has 0 aliphatic rings. The molecule has 0 unspecified atom stereocenters. The molecule has 3 heterocycles. The fraction of sp³-hybridized carbons (Fsp3) is 0.500. The van der Waals surface area contributed by atoms with Crippen LogP contribution in [0, 0.1) is 19.8 Å². The molecule has 3 aromatic heterocycles. The van der Waals surface area contributed by atoms with E-state index in [9.17, 15) is 4.79 Å². The summed E-state index contributed by atoms with van der Waals surface area (Å²) < 4.78 is 9.26. The zero-order valence-electron chi connectivity index (χ0n) is 17.4. The van der Waals surface area contributed by atoms with Crippen LogP contribution in [0.1, 0.15) is 36.7 Å². The van der Waals surface area contributed by atoms with Crippen LogP contribution in [0.5, 0.6) is 5.88 Å². The number of hydrogen-bond donors (Lipinski definition) is 1. The summed E-state index contributed by atoms with van der Waals surface area (Å²) >= 11 is 0. The van der Waals surface area contributed by atoms with Crippen molar-refractivity contribution in [3.8, 4) is 5.88 Å². The first-order valence-corrected chi connectivity index (χ1v) is 9.46. The molecule has 0 aliphatic heterocycles. The van der Waals surface area contributed by atoms with Crippen molar-refractivity contribution in [1.29, 1.82) is 0 Å². The van der Waals surface area contributed by atoms with Gasteiger partial charge < -0.3 is 10.1 Å². The molecule has 1 atom stereocenters. The molecule has 0 fully saturated rings. The average Bonchev–Trinajstić information content (AvgIpc) is 3.17. The monoisotopic (exact) mass is 384 g/mol. The summed E-state index contributed by atoms with van der Waals surface area (Å²) in [4.78, 5) is 16.9. The topological polar surface area (TPSA) is 86.9 Å². The molecule has 0 aromatic carbocycles. The molecule has 1 amide bonds. The standard InChI is InChI=1S/C20H28N6O2/c1-12(2)15(16-7-8-22-25(16)5)10-21-17(27)11-28-20-18-13(3)9-14(4)23-19(18)26(6)24-20/h7-9,12,15H,10-11H2,1-6H3,(H,21,27)/t15-/m0/s1. The summed E-state index contributed by atoms with van der Waals surface area (Å²) in [7, 11) is 3.74. The van der Waals surface area contributed by atoms with Crippen LogP contribution in [-0.4, -0.2) is 43.6 Å². The fourth-order valence-electron chi connectivity index (χ4n) is 3.49. The molecule has 0 spiro atoms. The normalized spacial score (nSPS) is 12.5. The number of ether oxygens (including phenoxy) is 1. The van der Waals surface area contributed by atoms with Gasteiger partial charge in [-0.1, -0.05) is 13.8 Å². The zero-order chi connectivity index (χ0) is 20.4. The summed E-state index contributed by atoms with van der Waals surface area (Å²) in [5.74, 6) is 0.809. The van der Waals surface area contributed by atoms with Gasteiger partial charge in [-0.05, 0) is 37.5 Å². The first kappa shape index (κ1) is 19.9. The minimum absolute atomic E-state index is 0.0877. The van der Waals surface area contributed by atoms with Crippen molar-refractivity contribution >= 4 is 16.9 Å². The van der Waals surface area contributed by atoms with Crippen molar-refractivity contribution in [3.63, 3.8) is 0 Å². The highest BCUT2D eigenvalue weighted by Crippen LogP contribution is 2.27. The van der Waals surface area contributed by atoms with E-state index >= 15 is 0 Å². The molecule has 0 radical (unpaired) electrons. The average molecular weight is 384 g/mol. The van der Waals surface area contributed by atoms with Crippen LogP contribution in [0.3, 0.4) is 0 Å². The number of hydrogen-bond acceptors (Lipinski definition) is 5. The smallest absolute Gasteiger partial charge is 0.258 e. The minimum atomic E-state index is -0.177. The van der Waals surface area contributed by atoms with E-state index in [2.05, 4.69) is 34.3 Å². The summed E-state index contributed by atoms with van der Waals surface area (Å²) in [6, 6.07) is 3.98. The third-order valence-corrected chi connectivity index (χ3v) is 4.99. The number of rotatable bonds is 7. The van der Waals surface area contributed by atoms with Gasteiger partial charge in [0.1, 0.15) is 0 Å². The predicted molar refractivity (Wildman–Crippen MR) is 107 cm³/mol. The van der Waals surface area contributed by atoms with Crippen LogP contribution < -0.4 is 10.1 Å². The van der Waals surface area contributed by atoms with Gasteiger partial charge in [0.25, 0.3) is 5.91 Å². The van der Waals surface area contributed by atoms with Gasteiger partial charge in [-0.15, -0.1) is 5.10 Å². The quantitative estimate of drug-likeness (QED) is 0.675. The Morgan fingerprint density at radius 3 is 2.64 bits per heavy atom. The van der Waals surface area contributed by atoms with Crippen molar-refractivity contribution < 1.29 is 9.53 Å². The lowest BCUT2D eigenvalue weighted by molar-refractivity contribution is -0.123. The Hall–Kier alpha value is -2.90. The molecule has 0 saturated carbocycles. The van der Waals surface area contributed by atoms with Crippen LogP contribution in [0.2, 0.25) is 0 Å². The van der Waals surface area contributed by atoms with Crippen molar-refractivity contribution in [2.45, 2.75) is 33.6 Å². The van der Waals surface area contributed by atoms with Crippen LogP contribution in [-0.2, 0) is 18.9 Å². The Labute approximate surface area is 164 Å². The van der Waals surface area contributed by atoms with E-state index in [-0.39, 0.29) is 18.4 Å². The molecular formula is C20H28N6O2. The molecule has 0 bridgehead atoms. The maximum atomic E-state index is 12.4. The van der Waals surface area contributed by atoms with Crippen molar-refractivity contribution in [1.82, 2.24) is 29.9 Å². The second-order valence-corrected chi connectivity index (χ2v) is 7.53. The van der Waals surface area contributed by atoms with E-state index in [4.69, 9.17) is 4.74 Å². The third kappa shape index (κ3) is 4.00. The zero-order valence-corrected chi connectivity index (χ0v) is 17.4. The third-order valence-electron chi connectivity index (χ3n) is 4.99. The Balaban J connectivity index is 1.65. The highest BCUT2D eigenvalue weighted by Gasteiger charge is 2.20. The van der Waals surface area contributed by atoms with Crippen LogP contribution in [0.25, 0.3) is 11.0 Å². The number of aromatic nitrogens is 5. The number of carbonyl (C=O) groups excluding carboxylic acids is 1. The Morgan fingerprint density at radius 2 is 2.00 bits per heavy atom. The number of amides is 1. The van der Waals surface area contributed by atoms with Crippen LogP contribution in [0.15, 0.2) is 18.3 Å². The summed E-state index contributed by atoms with van der Waals surface area (Å²) in [5, 5.41) is 12.4. The Kier molecular flexibility index (Phi) is 5.67. The number of fused-ring (bicyclic) bond motifs is 1. The predicted octanol–water partition coefficient (Wildman–Crippen LogP) is 2.25. The Morgan fingerprint density at radius 1 is 1.25 bits per heavy atom. The molecule has 8 heteroatoms. The maximum Gasteiger partial charge on any atom is 0.258 e. The van der Waals surface area contributed by atoms with Crippen LogP contribution >= 0.6 is 0 Å². The second-order valence-electron chi connectivity index (χ2n) is 7.53. The second kappa shape index (κ2) is 8.00. The molecule has 0 aliphatic carbocycles. The summed E-state index contributed by atoms with van der Waals surface area (Å²) in [6.07, 6.45) is 1.78. The first-order valence-electron chi connectivity index (χ1n) is 9.46. The lowest BCUT2D eigenvalue weighted by Gasteiger charge is -2.21. The largest absolute Gasteiger partial charge is 0.466 e. The number of nitrogens with zero attached hydrogens (tertiary/aromatic N) is 5. The number of carbonyl (C=O) groups is 1. The van der Waals surface area contributed by atoms with E-state index in [1.807, 2.05) is 44.8 Å². The molecule has 8 nitrogen and oxygen atoms in total. The van der Waals surface area contributed by atoms with E-state index in [1.54, 1.807) is 10.9 Å². The van der Waals surface area contributed by atoms with Gasteiger partial charge in [-0.3, -0.25) is 9.48 Å². The number of aryl methyl sites for hydroxylation is 4. The molecule has 0 saturated heterocycles. The van der Waals surface area contributed by atoms with Gasteiger partial charge in [-0.2, -0.15) is 5.10 Å². The van der Waals surface area contributed by atoms with E-state index in [1.165, 1.54) is 0 Å².